The largest absolute Gasteiger partial charge is 0.381 e. The molecule has 0 radical (unpaired) electrons. The van der Waals surface area contributed by atoms with Crippen LogP contribution in [0.4, 0.5) is 11.6 Å². The standard InChI is InChI=1S/C14H18N4/c1-9(8-10-6-7-10)16-14-13(15)17-11-4-2-3-5-12(11)18-14/h2-5,9-10H,6-8H2,1H3,(H2,15,17)(H,16,18). The second-order valence-corrected chi connectivity index (χ2v) is 5.17. The van der Waals surface area contributed by atoms with E-state index in [1.54, 1.807) is 0 Å². The topological polar surface area (TPSA) is 63.8 Å². The molecule has 1 fully saturated rings. The Morgan fingerprint density at radius 1 is 1.28 bits per heavy atom. The zero-order valence-electron chi connectivity index (χ0n) is 10.6. The second-order valence-electron chi connectivity index (χ2n) is 5.17. The highest BCUT2D eigenvalue weighted by molar-refractivity contribution is 5.79. The van der Waals surface area contributed by atoms with Gasteiger partial charge in [-0.05, 0) is 31.4 Å². The molecule has 1 aliphatic carbocycles. The molecule has 3 N–H and O–H groups in total. The van der Waals surface area contributed by atoms with Crippen molar-refractivity contribution in [2.24, 2.45) is 5.92 Å². The Hall–Kier alpha value is -1.84. The average Bonchev–Trinajstić information content (AvgIpc) is 3.14. The van der Waals surface area contributed by atoms with Gasteiger partial charge in [0.25, 0.3) is 0 Å². The van der Waals surface area contributed by atoms with Crippen molar-refractivity contribution < 1.29 is 0 Å². The van der Waals surface area contributed by atoms with E-state index >= 15 is 0 Å². The number of nitrogens with two attached hydrogens (primary N) is 1. The summed E-state index contributed by atoms with van der Waals surface area (Å²) < 4.78 is 0. The Kier molecular flexibility index (Phi) is 2.78. The molecule has 1 aromatic carbocycles. The van der Waals surface area contributed by atoms with E-state index in [2.05, 4.69) is 22.2 Å². The fraction of sp³-hybridized carbons (Fsp3) is 0.429. The van der Waals surface area contributed by atoms with E-state index in [1.165, 1.54) is 19.3 Å². The number of nitrogens with zero attached hydrogens (tertiary/aromatic N) is 2. The van der Waals surface area contributed by atoms with Crippen LogP contribution in [0, 0.1) is 5.92 Å². The first-order chi connectivity index (χ1) is 8.72. The van der Waals surface area contributed by atoms with Crippen molar-refractivity contribution in [3.05, 3.63) is 24.3 Å². The van der Waals surface area contributed by atoms with Gasteiger partial charge in [0.2, 0.25) is 0 Å². The molecule has 1 unspecified atom stereocenters. The molecule has 1 aliphatic rings. The molecular formula is C14H18N4. The van der Waals surface area contributed by atoms with E-state index in [4.69, 9.17) is 5.73 Å². The number of nitrogens with one attached hydrogen (secondary N) is 1. The molecular weight excluding hydrogens is 224 g/mol. The zero-order chi connectivity index (χ0) is 12.5. The lowest BCUT2D eigenvalue weighted by atomic mass is 10.1. The number of nitrogen functional groups attached to an aromatic ring is 1. The Morgan fingerprint density at radius 3 is 2.61 bits per heavy atom. The number of anilines is 2. The summed E-state index contributed by atoms with van der Waals surface area (Å²) in [6, 6.07) is 8.19. The van der Waals surface area contributed by atoms with Crippen molar-refractivity contribution in [2.75, 3.05) is 11.1 Å². The summed E-state index contributed by atoms with van der Waals surface area (Å²) in [5.41, 5.74) is 7.67. The summed E-state index contributed by atoms with van der Waals surface area (Å²) in [7, 11) is 0. The molecule has 0 amide bonds. The van der Waals surface area contributed by atoms with Crippen LogP contribution in [-0.4, -0.2) is 16.0 Å². The summed E-state index contributed by atoms with van der Waals surface area (Å²) in [5, 5.41) is 3.38. The van der Waals surface area contributed by atoms with Gasteiger partial charge in [0.05, 0.1) is 11.0 Å². The van der Waals surface area contributed by atoms with Gasteiger partial charge in [-0.15, -0.1) is 0 Å². The fourth-order valence-electron chi connectivity index (χ4n) is 2.27. The van der Waals surface area contributed by atoms with Crippen molar-refractivity contribution in [1.29, 1.82) is 0 Å². The molecule has 4 nitrogen and oxygen atoms in total. The third-order valence-electron chi connectivity index (χ3n) is 3.36. The first-order valence-corrected chi connectivity index (χ1v) is 6.51. The first kappa shape index (κ1) is 11.3. The van der Waals surface area contributed by atoms with Crippen molar-refractivity contribution in [3.8, 4) is 0 Å². The molecule has 1 saturated carbocycles. The molecule has 3 rings (SSSR count). The second kappa shape index (κ2) is 4.44. The smallest absolute Gasteiger partial charge is 0.169 e. The first-order valence-electron chi connectivity index (χ1n) is 6.51. The van der Waals surface area contributed by atoms with Crippen LogP contribution in [0.2, 0.25) is 0 Å². The van der Waals surface area contributed by atoms with E-state index in [9.17, 15) is 0 Å². The predicted octanol–water partition coefficient (Wildman–Crippen LogP) is 2.81. The van der Waals surface area contributed by atoms with E-state index in [0.29, 0.717) is 17.7 Å². The maximum absolute atomic E-state index is 5.95. The lowest BCUT2D eigenvalue weighted by Gasteiger charge is -2.15. The highest BCUT2D eigenvalue weighted by Crippen LogP contribution is 2.34. The van der Waals surface area contributed by atoms with E-state index in [0.717, 1.165) is 17.0 Å². The monoisotopic (exact) mass is 242 g/mol. The summed E-state index contributed by atoms with van der Waals surface area (Å²) in [6.45, 7) is 2.18. The number of hydrogen-bond donors (Lipinski definition) is 2. The van der Waals surface area contributed by atoms with Crippen LogP contribution >= 0.6 is 0 Å². The SMILES string of the molecule is CC(CC1CC1)Nc1nc2ccccc2nc1N. The van der Waals surface area contributed by atoms with E-state index in [1.807, 2.05) is 24.3 Å². The summed E-state index contributed by atoms with van der Waals surface area (Å²) in [6.07, 6.45) is 3.92. The van der Waals surface area contributed by atoms with Crippen LogP contribution in [0.5, 0.6) is 0 Å². The van der Waals surface area contributed by atoms with Gasteiger partial charge < -0.3 is 11.1 Å². The molecule has 0 saturated heterocycles. The van der Waals surface area contributed by atoms with Gasteiger partial charge in [-0.1, -0.05) is 25.0 Å². The van der Waals surface area contributed by atoms with Crippen LogP contribution in [0.25, 0.3) is 11.0 Å². The van der Waals surface area contributed by atoms with Crippen molar-refractivity contribution in [1.82, 2.24) is 9.97 Å². The van der Waals surface area contributed by atoms with Crippen molar-refractivity contribution in [3.63, 3.8) is 0 Å². The Morgan fingerprint density at radius 2 is 1.94 bits per heavy atom. The quantitative estimate of drug-likeness (QED) is 0.865. The van der Waals surface area contributed by atoms with Gasteiger partial charge >= 0.3 is 0 Å². The minimum Gasteiger partial charge on any atom is -0.381 e. The van der Waals surface area contributed by atoms with Crippen molar-refractivity contribution >= 4 is 22.7 Å². The number of aromatic nitrogens is 2. The number of fused-ring (bicyclic) bond motifs is 1. The molecule has 94 valence electrons. The minimum absolute atomic E-state index is 0.398. The van der Waals surface area contributed by atoms with Crippen molar-refractivity contribution in [2.45, 2.75) is 32.2 Å². The van der Waals surface area contributed by atoms with Gasteiger partial charge in [0.15, 0.2) is 11.6 Å². The summed E-state index contributed by atoms with van der Waals surface area (Å²) >= 11 is 0. The highest BCUT2D eigenvalue weighted by Gasteiger charge is 2.24. The number of para-hydroxylation sites is 2. The van der Waals surface area contributed by atoms with Crippen LogP contribution in [-0.2, 0) is 0 Å². The van der Waals surface area contributed by atoms with Gasteiger partial charge in [-0.3, -0.25) is 0 Å². The Balaban J connectivity index is 1.83. The van der Waals surface area contributed by atoms with E-state index in [-0.39, 0.29) is 0 Å². The molecule has 2 aromatic rings. The molecule has 1 atom stereocenters. The number of hydrogen-bond acceptors (Lipinski definition) is 4. The molecule has 4 heteroatoms. The van der Waals surface area contributed by atoms with Crippen LogP contribution < -0.4 is 11.1 Å². The van der Waals surface area contributed by atoms with Gasteiger partial charge in [0.1, 0.15) is 0 Å². The van der Waals surface area contributed by atoms with Crippen LogP contribution in [0.3, 0.4) is 0 Å². The predicted molar refractivity (Wildman–Crippen MR) is 74.4 cm³/mol. The molecule has 0 aliphatic heterocycles. The summed E-state index contributed by atoms with van der Waals surface area (Å²) in [4.78, 5) is 8.92. The normalized spacial score (nSPS) is 16.7. The summed E-state index contributed by atoms with van der Waals surface area (Å²) in [5.74, 6) is 2.08. The van der Waals surface area contributed by atoms with Crippen LogP contribution in [0.1, 0.15) is 26.2 Å². The van der Waals surface area contributed by atoms with Gasteiger partial charge in [0, 0.05) is 6.04 Å². The lowest BCUT2D eigenvalue weighted by Crippen LogP contribution is -2.18. The maximum Gasteiger partial charge on any atom is 0.169 e. The van der Waals surface area contributed by atoms with Crippen LogP contribution in [0.15, 0.2) is 24.3 Å². The maximum atomic E-state index is 5.95. The Labute approximate surface area is 107 Å². The number of benzene rings is 1. The number of rotatable bonds is 4. The fourth-order valence-corrected chi connectivity index (χ4v) is 2.27. The third-order valence-corrected chi connectivity index (χ3v) is 3.36. The highest BCUT2D eigenvalue weighted by atomic mass is 15.1. The van der Waals surface area contributed by atoms with Gasteiger partial charge in [-0.25, -0.2) is 9.97 Å². The third kappa shape index (κ3) is 2.37. The molecule has 0 bridgehead atoms. The van der Waals surface area contributed by atoms with E-state index < -0.39 is 0 Å². The zero-order valence-corrected chi connectivity index (χ0v) is 10.6. The molecule has 18 heavy (non-hydrogen) atoms. The molecule has 1 heterocycles. The molecule has 0 spiro atoms. The Bertz CT molecular complexity index is 563. The molecule has 1 aromatic heterocycles. The van der Waals surface area contributed by atoms with Gasteiger partial charge in [-0.2, -0.15) is 0 Å². The lowest BCUT2D eigenvalue weighted by molar-refractivity contribution is 0.640. The average molecular weight is 242 g/mol. The minimum atomic E-state index is 0.398.